The molecule has 3 rings (SSSR count). The second-order valence-corrected chi connectivity index (χ2v) is 8.77. The van der Waals surface area contributed by atoms with Gasteiger partial charge >= 0.3 is 0 Å². The normalized spacial score (nSPS) is 19.0. The van der Waals surface area contributed by atoms with Crippen molar-refractivity contribution in [3.63, 3.8) is 0 Å². The van der Waals surface area contributed by atoms with Crippen LogP contribution in [0.3, 0.4) is 0 Å². The maximum Gasteiger partial charge on any atom is 0.228 e. The van der Waals surface area contributed by atoms with Crippen molar-refractivity contribution >= 4 is 11.8 Å². The van der Waals surface area contributed by atoms with Crippen LogP contribution in [-0.4, -0.2) is 41.3 Å². The molecular formula is C25H33N3O2. The van der Waals surface area contributed by atoms with Crippen LogP contribution in [0.5, 0.6) is 0 Å². The zero-order valence-electron chi connectivity index (χ0n) is 18.4. The third-order valence-electron chi connectivity index (χ3n) is 5.81. The van der Waals surface area contributed by atoms with Gasteiger partial charge < -0.3 is 10.2 Å². The summed E-state index contributed by atoms with van der Waals surface area (Å²) in [6.45, 7) is 7.89. The van der Waals surface area contributed by atoms with Gasteiger partial charge in [0.25, 0.3) is 0 Å². The van der Waals surface area contributed by atoms with Crippen LogP contribution >= 0.6 is 0 Å². The highest BCUT2D eigenvalue weighted by Crippen LogP contribution is 2.35. The van der Waals surface area contributed by atoms with E-state index in [1.165, 1.54) is 0 Å². The van der Waals surface area contributed by atoms with E-state index in [4.69, 9.17) is 0 Å². The first-order chi connectivity index (χ1) is 14.4. The van der Waals surface area contributed by atoms with Crippen molar-refractivity contribution in [1.29, 1.82) is 0 Å². The summed E-state index contributed by atoms with van der Waals surface area (Å²) in [5, 5.41) is 3.04. The SMILES string of the molecule is CCNC(=O)C1(Cc2cccc(-c3ccncc3)c2)CCCN(C(=O)CC(C)C)C1. The fourth-order valence-electron chi connectivity index (χ4n) is 4.38. The van der Waals surface area contributed by atoms with E-state index in [1.54, 1.807) is 12.4 Å². The molecule has 1 atom stereocenters. The molecule has 0 radical (unpaired) electrons. The van der Waals surface area contributed by atoms with Crippen molar-refractivity contribution < 1.29 is 9.59 Å². The molecule has 1 aliphatic heterocycles. The van der Waals surface area contributed by atoms with Crippen LogP contribution in [0.25, 0.3) is 11.1 Å². The largest absolute Gasteiger partial charge is 0.356 e. The van der Waals surface area contributed by atoms with Crippen molar-refractivity contribution in [3.05, 3.63) is 54.4 Å². The number of carbonyl (C=O) groups is 2. The van der Waals surface area contributed by atoms with Crippen LogP contribution < -0.4 is 5.32 Å². The van der Waals surface area contributed by atoms with Gasteiger partial charge in [-0.3, -0.25) is 14.6 Å². The maximum absolute atomic E-state index is 13.2. The number of aromatic nitrogens is 1. The lowest BCUT2D eigenvalue weighted by Crippen LogP contribution is -2.54. The lowest BCUT2D eigenvalue weighted by molar-refractivity contribution is -0.142. The standard InChI is InChI=1S/C25H33N3O2/c1-4-27-24(30)25(11-6-14-28(18-25)23(29)15-19(2)3)17-20-7-5-8-22(16-20)21-9-12-26-13-10-21/h5,7-10,12-13,16,19H,4,6,11,14-15,17-18H2,1-3H3,(H,27,30). The number of piperidine rings is 1. The monoisotopic (exact) mass is 407 g/mol. The van der Waals surface area contributed by atoms with E-state index in [1.807, 2.05) is 30.0 Å². The zero-order valence-corrected chi connectivity index (χ0v) is 18.4. The summed E-state index contributed by atoms with van der Waals surface area (Å²) in [5.41, 5.74) is 2.76. The summed E-state index contributed by atoms with van der Waals surface area (Å²) in [6.07, 6.45) is 6.39. The number of benzene rings is 1. The van der Waals surface area contributed by atoms with Gasteiger partial charge in [0.15, 0.2) is 0 Å². The van der Waals surface area contributed by atoms with Gasteiger partial charge in [-0.05, 0) is 60.9 Å². The van der Waals surface area contributed by atoms with Crippen LogP contribution in [0.1, 0.15) is 45.6 Å². The van der Waals surface area contributed by atoms with Gasteiger partial charge in [0.2, 0.25) is 11.8 Å². The second-order valence-electron chi connectivity index (χ2n) is 8.77. The Morgan fingerprint density at radius 2 is 1.93 bits per heavy atom. The lowest BCUT2D eigenvalue weighted by atomic mass is 9.73. The van der Waals surface area contributed by atoms with E-state index in [0.717, 1.165) is 36.1 Å². The van der Waals surface area contributed by atoms with Crippen LogP contribution in [0, 0.1) is 11.3 Å². The Morgan fingerprint density at radius 1 is 1.17 bits per heavy atom. The molecule has 1 fully saturated rings. The molecule has 0 saturated carbocycles. The van der Waals surface area contributed by atoms with Gasteiger partial charge in [0, 0.05) is 38.4 Å². The average Bonchev–Trinajstić information content (AvgIpc) is 2.74. The van der Waals surface area contributed by atoms with Crippen LogP contribution in [0.2, 0.25) is 0 Å². The zero-order chi connectivity index (χ0) is 21.6. The molecule has 30 heavy (non-hydrogen) atoms. The summed E-state index contributed by atoms with van der Waals surface area (Å²) >= 11 is 0. The highest BCUT2D eigenvalue weighted by Gasteiger charge is 2.43. The van der Waals surface area contributed by atoms with Crippen LogP contribution in [-0.2, 0) is 16.0 Å². The molecule has 0 spiro atoms. The van der Waals surface area contributed by atoms with E-state index in [0.29, 0.717) is 31.8 Å². The predicted molar refractivity (Wildman–Crippen MR) is 120 cm³/mol. The van der Waals surface area contributed by atoms with Crippen LogP contribution in [0.15, 0.2) is 48.8 Å². The Bertz CT molecular complexity index is 866. The van der Waals surface area contributed by atoms with E-state index >= 15 is 0 Å². The van der Waals surface area contributed by atoms with Gasteiger partial charge in [0.1, 0.15) is 0 Å². The summed E-state index contributed by atoms with van der Waals surface area (Å²) in [6, 6.07) is 12.3. The van der Waals surface area contributed by atoms with Gasteiger partial charge in [0.05, 0.1) is 5.41 Å². The minimum Gasteiger partial charge on any atom is -0.356 e. The van der Waals surface area contributed by atoms with E-state index < -0.39 is 5.41 Å². The number of likely N-dealkylation sites (tertiary alicyclic amines) is 1. The Labute approximate surface area is 179 Å². The second kappa shape index (κ2) is 9.88. The highest BCUT2D eigenvalue weighted by atomic mass is 16.2. The van der Waals surface area contributed by atoms with Crippen molar-refractivity contribution in [2.75, 3.05) is 19.6 Å². The van der Waals surface area contributed by atoms with Crippen molar-refractivity contribution in [2.24, 2.45) is 11.3 Å². The van der Waals surface area contributed by atoms with E-state index in [2.05, 4.69) is 42.3 Å². The molecule has 1 saturated heterocycles. The number of amides is 2. The molecule has 1 N–H and O–H groups in total. The fourth-order valence-corrected chi connectivity index (χ4v) is 4.38. The van der Waals surface area contributed by atoms with Crippen molar-refractivity contribution in [1.82, 2.24) is 15.2 Å². The summed E-state index contributed by atoms with van der Waals surface area (Å²) in [7, 11) is 0. The average molecular weight is 408 g/mol. The molecule has 1 aromatic carbocycles. The smallest absolute Gasteiger partial charge is 0.228 e. The topological polar surface area (TPSA) is 62.3 Å². The first-order valence-electron chi connectivity index (χ1n) is 11.0. The number of hydrogen-bond donors (Lipinski definition) is 1. The molecule has 0 aliphatic carbocycles. The summed E-state index contributed by atoms with van der Waals surface area (Å²) < 4.78 is 0. The first-order valence-corrected chi connectivity index (χ1v) is 11.0. The van der Waals surface area contributed by atoms with E-state index in [-0.39, 0.29) is 11.8 Å². The molecular weight excluding hydrogens is 374 g/mol. The molecule has 1 unspecified atom stereocenters. The lowest BCUT2D eigenvalue weighted by Gasteiger charge is -2.42. The Hall–Kier alpha value is -2.69. The third-order valence-corrected chi connectivity index (χ3v) is 5.81. The van der Waals surface area contributed by atoms with Gasteiger partial charge in [-0.25, -0.2) is 0 Å². The first kappa shape index (κ1) is 22.0. The molecule has 2 heterocycles. The minimum atomic E-state index is -0.586. The third kappa shape index (κ3) is 5.26. The minimum absolute atomic E-state index is 0.0568. The molecule has 2 amide bonds. The molecule has 0 bridgehead atoms. The van der Waals surface area contributed by atoms with Gasteiger partial charge in [-0.15, -0.1) is 0 Å². The van der Waals surface area contributed by atoms with Gasteiger partial charge in [-0.1, -0.05) is 38.1 Å². The molecule has 1 aliphatic rings. The Morgan fingerprint density at radius 3 is 2.63 bits per heavy atom. The quantitative estimate of drug-likeness (QED) is 0.752. The Kier molecular flexibility index (Phi) is 7.24. The van der Waals surface area contributed by atoms with Crippen LogP contribution in [0.4, 0.5) is 0 Å². The number of hydrogen-bond acceptors (Lipinski definition) is 3. The number of rotatable bonds is 7. The number of pyridine rings is 1. The van der Waals surface area contributed by atoms with E-state index in [9.17, 15) is 9.59 Å². The molecule has 1 aromatic heterocycles. The number of nitrogens with one attached hydrogen (secondary N) is 1. The van der Waals surface area contributed by atoms with Crippen molar-refractivity contribution in [3.8, 4) is 11.1 Å². The fraction of sp³-hybridized carbons (Fsp3) is 0.480. The number of nitrogens with zero attached hydrogens (tertiary/aromatic N) is 2. The highest BCUT2D eigenvalue weighted by molar-refractivity contribution is 5.85. The summed E-state index contributed by atoms with van der Waals surface area (Å²) in [4.78, 5) is 32.0. The molecule has 5 nitrogen and oxygen atoms in total. The molecule has 2 aromatic rings. The maximum atomic E-state index is 13.2. The molecule has 5 heteroatoms. The Balaban J connectivity index is 1.87. The molecule has 160 valence electrons. The predicted octanol–water partition coefficient (Wildman–Crippen LogP) is 4.08. The van der Waals surface area contributed by atoms with Gasteiger partial charge in [-0.2, -0.15) is 0 Å². The summed E-state index contributed by atoms with van der Waals surface area (Å²) in [5.74, 6) is 0.528. The van der Waals surface area contributed by atoms with Crippen molar-refractivity contribution in [2.45, 2.75) is 46.5 Å². The number of carbonyl (C=O) groups excluding carboxylic acids is 2.